The van der Waals surface area contributed by atoms with Gasteiger partial charge in [0.2, 0.25) is 0 Å². The van der Waals surface area contributed by atoms with Gasteiger partial charge in [-0.25, -0.2) is 0 Å². The van der Waals surface area contributed by atoms with Gasteiger partial charge in [-0.05, 0) is 47.0 Å². The lowest BCUT2D eigenvalue weighted by Crippen LogP contribution is -2.31. The molecular formula is C14H20BrN5. The molecule has 2 aromatic heterocycles. The topological polar surface area (TPSA) is 68.8 Å². The molecule has 0 saturated heterocycles. The van der Waals surface area contributed by atoms with Crippen LogP contribution in [0.3, 0.4) is 0 Å². The zero-order chi connectivity index (χ0) is 14.7. The van der Waals surface area contributed by atoms with Crippen molar-refractivity contribution in [2.24, 2.45) is 12.9 Å². The maximum absolute atomic E-state index is 5.71. The number of hydrogen-bond donors (Lipinski definition) is 2. The van der Waals surface area contributed by atoms with Crippen molar-refractivity contribution in [1.29, 1.82) is 0 Å². The molecule has 0 saturated carbocycles. The monoisotopic (exact) mass is 337 g/mol. The second kappa shape index (κ2) is 6.47. The van der Waals surface area contributed by atoms with Gasteiger partial charge in [-0.1, -0.05) is 6.92 Å². The molecule has 0 aromatic carbocycles. The Morgan fingerprint density at radius 1 is 1.50 bits per heavy atom. The van der Waals surface area contributed by atoms with E-state index in [1.54, 1.807) is 0 Å². The van der Waals surface area contributed by atoms with Crippen LogP contribution in [-0.2, 0) is 19.9 Å². The molecule has 3 N–H and O–H groups in total. The van der Waals surface area contributed by atoms with Gasteiger partial charge in [-0.3, -0.25) is 20.9 Å². The average Bonchev–Trinajstić information content (AvgIpc) is 2.71. The van der Waals surface area contributed by atoms with E-state index >= 15 is 0 Å². The molecule has 2 aromatic rings. The lowest BCUT2D eigenvalue weighted by atomic mass is 10.1. The molecule has 1 unspecified atom stereocenters. The average molecular weight is 338 g/mol. The van der Waals surface area contributed by atoms with Gasteiger partial charge in [0.05, 0.1) is 27.6 Å². The van der Waals surface area contributed by atoms with E-state index in [2.05, 4.69) is 44.4 Å². The Hall–Kier alpha value is -1.24. The zero-order valence-corrected chi connectivity index (χ0v) is 13.6. The number of aromatic nitrogens is 3. The Kier molecular flexibility index (Phi) is 4.91. The number of halogens is 1. The van der Waals surface area contributed by atoms with Crippen molar-refractivity contribution >= 4 is 15.9 Å². The maximum Gasteiger partial charge on any atom is 0.0766 e. The third-order valence-corrected chi connectivity index (χ3v) is 4.31. The second-order valence-electron chi connectivity index (χ2n) is 4.87. The van der Waals surface area contributed by atoms with Crippen molar-refractivity contribution in [3.05, 3.63) is 45.4 Å². The van der Waals surface area contributed by atoms with Crippen LogP contribution in [0.5, 0.6) is 0 Å². The molecule has 0 aliphatic rings. The van der Waals surface area contributed by atoms with Crippen LogP contribution in [0.4, 0.5) is 0 Å². The molecule has 0 bridgehead atoms. The van der Waals surface area contributed by atoms with Crippen LogP contribution in [0.1, 0.15) is 35.6 Å². The van der Waals surface area contributed by atoms with Crippen molar-refractivity contribution in [2.45, 2.75) is 32.7 Å². The number of nitrogens with zero attached hydrogens (tertiary/aromatic N) is 3. The van der Waals surface area contributed by atoms with Crippen molar-refractivity contribution in [2.75, 3.05) is 0 Å². The molecule has 6 heteroatoms. The van der Waals surface area contributed by atoms with Gasteiger partial charge in [0.25, 0.3) is 0 Å². The van der Waals surface area contributed by atoms with Gasteiger partial charge < -0.3 is 0 Å². The molecule has 0 radical (unpaired) electrons. The van der Waals surface area contributed by atoms with E-state index in [9.17, 15) is 0 Å². The Balaban J connectivity index is 2.29. The van der Waals surface area contributed by atoms with Crippen molar-refractivity contribution in [1.82, 2.24) is 20.2 Å². The number of hydrogen-bond acceptors (Lipinski definition) is 4. The minimum Gasteiger partial charge on any atom is -0.271 e. The van der Waals surface area contributed by atoms with E-state index in [-0.39, 0.29) is 6.04 Å². The number of hydrazine groups is 1. The summed E-state index contributed by atoms with van der Waals surface area (Å²) in [5.74, 6) is 5.71. The van der Waals surface area contributed by atoms with E-state index in [4.69, 9.17) is 5.84 Å². The summed E-state index contributed by atoms with van der Waals surface area (Å²) in [7, 11) is 1.95. The van der Waals surface area contributed by atoms with E-state index in [1.807, 2.05) is 30.9 Å². The molecule has 5 nitrogen and oxygen atoms in total. The van der Waals surface area contributed by atoms with Gasteiger partial charge in [0, 0.05) is 19.7 Å². The third-order valence-electron chi connectivity index (χ3n) is 3.40. The predicted octanol–water partition coefficient (Wildman–Crippen LogP) is 2.20. The fourth-order valence-corrected chi connectivity index (χ4v) is 3.01. The summed E-state index contributed by atoms with van der Waals surface area (Å²) in [6, 6.07) is 3.99. The first kappa shape index (κ1) is 15.2. The highest BCUT2D eigenvalue weighted by Gasteiger charge is 2.19. The lowest BCUT2D eigenvalue weighted by Gasteiger charge is -2.16. The van der Waals surface area contributed by atoms with Crippen LogP contribution in [0.15, 0.2) is 22.8 Å². The van der Waals surface area contributed by atoms with E-state index in [1.165, 1.54) is 5.56 Å². The summed E-state index contributed by atoms with van der Waals surface area (Å²) in [4.78, 5) is 4.41. The molecule has 0 spiro atoms. The molecular weight excluding hydrogens is 318 g/mol. The first-order chi connectivity index (χ1) is 9.56. The van der Waals surface area contributed by atoms with Gasteiger partial charge in [0.15, 0.2) is 0 Å². The third kappa shape index (κ3) is 3.08. The van der Waals surface area contributed by atoms with Crippen molar-refractivity contribution < 1.29 is 0 Å². The number of aryl methyl sites for hydroxylation is 3. The van der Waals surface area contributed by atoms with Crippen LogP contribution >= 0.6 is 15.9 Å². The summed E-state index contributed by atoms with van der Waals surface area (Å²) in [6.45, 7) is 4.14. The fourth-order valence-electron chi connectivity index (χ4n) is 2.23. The molecule has 2 rings (SSSR count). The van der Waals surface area contributed by atoms with Crippen LogP contribution in [0.2, 0.25) is 0 Å². The summed E-state index contributed by atoms with van der Waals surface area (Å²) >= 11 is 3.63. The largest absolute Gasteiger partial charge is 0.271 e. The second-order valence-corrected chi connectivity index (χ2v) is 5.66. The summed E-state index contributed by atoms with van der Waals surface area (Å²) in [5.41, 5.74) is 7.15. The van der Waals surface area contributed by atoms with Gasteiger partial charge in [0.1, 0.15) is 0 Å². The number of nitrogens with one attached hydrogen (secondary N) is 1. The normalized spacial score (nSPS) is 12.7. The Labute approximate surface area is 127 Å². The van der Waals surface area contributed by atoms with Crippen LogP contribution in [0.25, 0.3) is 0 Å². The molecule has 1 atom stereocenters. The molecule has 0 aliphatic carbocycles. The summed E-state index contributed by atoms with van der Waals surface area (Å²) in [6.07, 6.45) is 3.44. The molecule has 2 heterocycles. The van der Waals surface area contributed by atoms with Gasteiger partial charge >= 0.3 is 0 Å². The van der Waals surface area contributed by atoms with Crippen LogP contribution in [0, 0.1) is 6.92 Å². The SMILES string of the molecule is CCc1nn(C)c(CC(NN)c2cc(C)ccn2)c1Br. The smallest absolute Gasteiger partial charge is 0.0766 e. The maximum atomic E-state index is 5.71. The minimum atomic E-state index is -0.0358. The molecule has 20 heavy (non-hydrogen) atoms. The van der Waals surface area contributed by atoms with Crippen molar-refractivity contribution in [3.63, 3.8) is 0 Å². The fraction of sp³-hybridized carbons (Fsp3) is 0.429. The Bertz CT molecular complexity index is 593. The highest BCUT2D eigenvalue weighted by molar-refractivity contribution is 9.10. The standard InChI is InChI=1S/C14H20BrN5/c1-4-10-14(15)13(20(3)19-10)8-12(18-16)11-7-9(2)5-6-17-11/h5-7,12,18H,4,8,16H2,1-3H3. The molecule has 0 amide bonds. The quantitative estimate of drug-likeness (QED) is 0.648. The Morgan fingerprint density at radius 2 is 2.25 bits per heavy atom. The minimum absolute atomic E-state index is 0.0358. The molecule has 0 fully saturated rings. The van der Waals surface area contributed by atoms with E-state index in [0.717, 1.165) is 34.4 Å². The highest BCUT2D eigenvalue weighted by atomic mass is 79.9. The number of pyridine rings is 1. The molecule has 108 valence electrons. The zero-order valence-electron chi connectivity index (χ0n) is 12.0. The Morgan fingerprint density at radius 3 is 2.80 bits per heavy atom. The van der Waals surface area contributed by atoms with Gasteiger partial charge in [-0.15, -0.1) is 0 Å². The number of rotatable bonds is 5. The lowest BCUT2D eigenvalue weighted by molar-refractivity contribution is 0.517. The van der Waals surface area contributed by atoms with Gasteiger partial charge in [-0.2, -0.15) is 5.10 Å². The van der Waals surface area contributed by atoms with Crippen LogP contribution < -0.4 is 11.3 Å². The first-order valence-electron chi connectivity index (χ1n) is 6.65. The summed E-state index contributed by atoms with van der Waals surface area (Å²) < 4.78 is 2.97. The molecule has 0 aliphatic heterocycles. The van der Waals surface area contributed by atoms with Crippen LogP contribution in [-0.4, -0.2) is 14.8 Å². The number of nitrogens with two attached hydrogens (primary N) is 1. The highest BCUT2D eigenvalue weighted by Crippen LogP contribution is 2.26. The van der Waals surface area contributed by atoms with Crippen molar-refractivity contribution in [3.8, 4) is 0 Å². The first-order valence-corrected chi connectivity index (χ1v) is 7.45. The van der Waals surface area contributed by atoms with E-state index in [0.29, 0.717) is 0 Å². The summed E-state index contributed by atoms with van der Waals surface area (Å²) in [5, 5.41) is 4.51. The van der Waals surface area contributed by atoms with E-state index < -0.39 is 0 Å². The predicted molar refractivity (Wildman–Crippen MR) is 83.0 cm³/mol.